The first-order chi connectivity index (χ1) is 32.5. The fraction of sp³-hybridized carbons (Fsp3) is 0.0476. The van der Waals surface area contributed by atoms with Gasteiger partial charge in [-0.2, -0.15) is 0 Å². The van der Waals surface area contributed by atoms with Crippen molar-refractivity contribution in [1.29, 1.82) is 0 Å². The zero-order valence-electron chi connectivity index (χ0n) is 36.7. The van der Waals surface area contributed by atoms with Crippen LogP contribution in [0.25, 0.3) is 93.9 Å². The van der Waals surface area contributed by atoms with Gasteiger partial charge in [-0.25, -0.2) is 0 Å². The van der Waals surface area contributed by atoms with Gasteiger partial charge in [0.2, 0.25) is 0 Å². The Morgan fingerprint density at radius 2 is 0.985 bits per heavy atom. The summed E-state index contributed by atoms with van der Waals surface area (Å²) >= 11 is 0. The highest BCUT2D eigenvalue weighted by molar-refractivity contribution is 6.27. The van der Waals surface area contributed by atoms with Gasteiger partial charge in [0.15, 0.2) is 0 Å². The van der Waals surface area contributed by atoms with E-state index in [0.717, 1.165) is 77.8 Å². The lowest BCUT2D eigenvalue weighted by Gasteiger charge is -2.30. The lowest BCUT2D eigenvalue weighted by Crippen LogP contribution is -2.16. The molecule has 0 radical (unpaired) electrons. The molecule has 2 heterocycles. The van der Waals surface area contributed by atoms with Gasteiger partial charge in [0.1, 0.15) is 11.2 Å². The summed E-state index contributed by atoms with van der Waals surface area (Å²) in [5.74, 6) is 0. The van der Waals surface area contributed by atoms with Gasteiger partial charge in [-0.15, -0.1) is 0 Å². The maximum absolute atomic E-state index is 6.73. The van der Waals surface area contributed by atoms with Crippen LogP contribution in [0.1, 0.15) is 25.0 Å². The largest absolute Gasteiger partial charge is 0.455 e. The zero-order chi connectivity index (χ0) is 43.9. The van der Waals surface area contributed by atoms with E-state index in [9.17, 15) is 0 Å². The number of rotatable bonds is 7. The molecule has 13 rings (SSSR count). The monoisotopic (exact) mass is 844 g/mol. The van der Waals surface area contributed by atoms with Gasteiger partial charge in [-0.3, -0.25) is 0 Å². The Kier molecular flexibility index (Phi) is 8.56. The van der Waals surface area contributed by atoms with E-state index in [1.54, 1.807) is 0 Å². The van der Waals surface area contributed by atoms with Crippen molar-refractivity contribution in [2.45, 2.75) is 19.3 Å². The number of benzene rings is 10. The van der Waals surface area contributed by atoms with Crippen LogP contribution in [0.4, 0.5) is 17.1 Å². The predicted octanol–water partition coefficient (Wildman–Crippen LogP) is 17.5. The average molecular weight is 845 g/mol. The summed E-state index contributed by atoms with van der Waals surface area (Å²) in [5, 5.41) is 4.55. The van der Waals surface area contributed by atoms with Crippen LogP contribution in [-0.4, -0.2) is 4.57 Å². The van der Waals surface area contributed by atoms with Gasteiger partial charge < -0.3 is 13.9 Å². The zero-order valence-corrected chi connectivity index (χ0v) is 36.7. The van der Waals surface area contributed by atoms with Crippen LogP contribution < -0.4 is 4.90 Å². The quantitative estimate of drug-likeness (QED) is 0.159. The molecular formula is C63H44N2O. The molecule has 66 heavy (non-hydrogen) atoms. The van der Waals surface area contributed by atoms with Crippen molar-refractivity contribution < 1.29 is 4.42 Å². The van der Waals surface area contributed by atoms with Crippen LogP contribution in [0.2, 0.25) is 0 Å². The second-order valence-electron chi connectivity index (χ2n) is 18.1. The van der Waals surface area contributed by atoms with E-state index in [1.807, 2.05) is 0 Å². The number of nitrogens with zero attached hydrogens (tertiary/aromatic N) is 2. The van der Waals surface area contributed by atoms with Crippen molar-refractivity contribution in [2.24, 2.45) is 0 Å². The average Bonchev–Trinajstić information content (AvgIpc) is 4.00. The minimum Gasteiger partial charge on any atom is -0.455 e. The molecule has 0 aliphatic heterocycles. The number of furan rings is 1. The van der Waals surface area contributed by atoms with Gasteiger partial charge in [-0.05, 0) is 105 Å². The molecule has 0 N–H and O–H groups in total. The summed E-state index contributed by atoms with van der Waals surface area (Å²) in [6.07, 6.45) is 0. The molecule has 3 nitrogen and oxygen atoms in total. The number of hydrogen-bond acceptors (Lipinski definition) is 2. The molecule has 0 bridgehead atoms. The lowest BCUT2D eigenvalue weighted by molar-refractivity contribution is 0.660. The maximum atomic E-state index is 6.73. The molecule has 0 unspecified atom stereocenters. The molecule has 1 aliphatic carbocycles. The fourth-order valence-electron chi connectivity index (χ4n) is 10.8. The Bertz CT molecular complexity index is 3820. The molecule has 0 atom stereocenters. The minimum atomic E-state index is -0.121. The molecule has 10 aromatic carbocycles. The lowest BCUT2D eigenvalue weighted by atomic mass is 9.82. The predicted molar refractivity (Wildman–Crippen MR) is 277 cm³/mol. The minimum absolute atomic E-state index is 0.121. The second kappa shape index (κ2) is 14.8. The Morgan fingerprint density at radius 1 is 0.409 bits per heavy atom. The number of fused-ring (bicyclic) bond motifs is 10. The molecule has 0 saturated carbocycles. The van der Waals surface area contributed by atoms with Crippen molar-refractivity contribution in [2.75, 3.05) is 4.90 Å². The highest BCUT2D eigenvalue weighted by atomic mass is 16.3. The smallest absolute Gasteiger partial charge is 0.145 e. The Balaban J connectivity index is 0.935. The van der Waals surface area contributed by atoms with Crippen LogP contribution >= 0.6 is 0 Å². The van der Waals surface area contributed by atoms with E-state index in [0.29, 0.717) is 0 Å². The second-order valence-corrected chi connectivity index (χ2v) is 18.1. The molecule has 1 aliphatic rings. The molecule has 0 fully saturated rings. The summed E-state index contributed by atoms with van der Waals surface area (Å²) < 4.78 is 9.13. The highest BCUT2D eigenvalue weighted by Gasteiger charge is 2.36. The van der Waals surface area contributed by atoms with Crippen molar-refractivity contribution in [3.05, 3.63) is 242 Å². The van der Waals surface area contributed by atoms with Crippen LogP contribution in [-0.2, 0) is 5.41 Å². The van der Waals surface area contributed by atoms with E-state index in [4.69, 9.17) is 4.42 Å². The molecular weight excluding hydrogens is 801 g/mol. The topological polar surface area (TPSA) is 21.3 Å². The summed E-state index contributed by atoms with van der Waals surface area (Å²) in [5.41, 5.74) is 20.9. The molecule has 0 spiro atoms. The molecule has 2 aromatic heterocycles. The van der Waals surface area contributed by atoms with Gasteiger partial charge in [-0.1, -0.05) is 184 Å². The molecule has 12 aromatic rings. The Morgan fingerprint density at radius 3 is 1.77 bits per heavy atom. The Labute approximate surface area is 384 Å². The first-order valence-corrected chi connectivity index (χ1v) is 22.8. The summed E-state index contributed by atoms with van der Waals surface area (Å²) in [6.45, 7) is 4.71. The maximum Gasteiger partial charge on any atom is 0.145 e. The molecule has 0 saturated heterocycles. The van der Waals surface area contributed by atoms with Crippen molar-refractivity contribution >= 4 is 60.8 Å². The van der Waals surface area contributed by atoms with Crippen LogP contribution in [0.5, 0.6) is 0 Å². The third-order valence-electron chi connectivity index (χ3n) is 14.0. The number of aromatic nitrogens is 1. The third kappa shape index (κ3) is 5.83. The SMILES string of the molecule is CC1(C)c2ccccc2-c2ccc(N(c3ccc(-c4ccc(-c5cc6c7ccccc7oc6c6c7ccccc7n(-c7ccccc7)c56)cc4)cc3)c3ccccc3-c3ccccc3)cc21. The third-order valence-corrected chi connectivity index (χ3v) is 14.0. The van der Waals surface area contributed by atoms with Crippen LogP contribution in [0.15, 0.2) is 235 Å². The van der Waals surface area contributed by atoms with E-state index >= 15 is 0 Å². The summed E-state index contributed by atoms with van der Waals surface area (Å²) in [4.78, 5) is 2.43. The van der Waals surface area contributed by atoms with E-state index < -0.39 is 0 Å². The van der Waals surface area contributed by atoms with Crippen LogP contribution in [0.3, 0.4) is 0 Å². The van der Waals surface area contributed by atoms with Gasteiger partial charge in [0.25, 0.3) is 0 Å². The summed E-state index contributed by atoms with van der Waals surface area (Å²) in [6, 6.07) is 83.7. The van der Waals surface area contributed by atoms with Gasteiger partial charge in [0.05, 0.1) is 22.1 Å². The normalized spacial score (nSPS) is 12.8. The van der Waals surface area contributed by atoms with Crippen molar-refractivity contribution in [1.82, 2.24) is 4.57 Å². The standard InChI is InChI=1S/C63H44N2O/c1-63(2)55-25-13-9-22-49(55)50-38-37-47(39-56(50)63)64(57-26-14-10-21-48(57)43-17-5-3-6-18-43)46-35-33-42(34-36-46)41-29-31-44(32-30-41)53-40-54-51-23-12-16-28-59(51)66-62(54)60-52-24-11-15-27-58(52)65(61(53)60)45-19-7-4-8-20-45/h3-40H,1-2H3. The van der Waals surface area contributed by atoms with Gasteiger partial charge >= 0.3 is 0 Å². The van der Waals surface area contributed by atoms with Crippen molar-refractivity contribution in [3.63, 3.8) is 0 Å². The summed E-state index contributed by atoms with van der Waals surface area (Å²) in [7, 11) is 0. The molecule has 0 amide bonds. The molecule has 3 heteroatoms. The number of anilines is 3. The van der Waals surface area contributed by atoms with E-state index in [1.165, 1.54) is 44.3 Å². The number of hydrogen-bond donors (Lipinski definition) is 0. The Hall–Kier alpha value is -8.40. The van der Waals surface area contributed by atoms with Gasteiger partial charge in [0, 0.05) is 49.8 Å². The first kappa shape index (κ1) is 38.1. The fourth-order valence-corrected chi connectivity index (χ4v) is 10.8. The number of para-hydroxylation sites is 4. The van der Waals surface area contributed by atoms with E-state index in [-0.39, 0.29) is 5.41 Å². The first-order valence-electron chi connectivity index (χ1n) is 22.8. The van der Waals surface area contributed by atoms with Crippen LogP contribution in [0, 0.1) is 0 Å². The molecule has 312 valence electrons. The highest BCUT2D eigenvalue weighted by Crippen LogP contribution is 2.52. The van der Waals surface area contributed by atoms with E-state index in [2.05, 4.69) is 254 Å². The van der Waals surface area contributed by atoms with Crippen molar-refractivity contribution in [3.8, 4) is 50.2 Å².